The van der Waals surface area contributed by atoms with Crippen molar-refractivity contribution in [1.82, 2.24) is 5.32 Å². The minimum Gasteiger partial charge on any atom is -0.353 e. The predicted octanol–water partition coefficient (Wildman–Crippen LogP) is -0.667. The maximum absolute atomic E-state index is 11.4. The van der Waals surface area contributed by atoms with Crippen LogP contribution in [0.15, 0.2) is 0 Å². The Morgan fingerprint density at radius 3 is 2.50 bits per heavy atom. The van der Waals surface area contributed by atoms with E-state index in [4.69, 9.17) is 11.5 Å². The lowest BCUT2D eigenvalue weighted by atomic mass is 9.98. The van der Waals surface area contributed by atoms with Crippen molar-refractivity contribution in [3.8, 4) is 0 Å². The van der Waals surface area contributed by atoms with Gasteiger partial charge in [-0.3, -0.25) is 4.79 Å². The number of nitrogens with two attached hydrogens (primary N) is 2. The molecule has 1 aliphatic rings. The standard InChI is InChI=1S/C8H17N3O/c9-5-6-11-7(12)8(10)3-1-2-4-8/h1-6,9-10H2,(H,11,12). The Morgan fingerprint density at radius 2 is 2.00 bits per heavy atom. The molecule has 4 heteroatoms. The normalized spacial score (nSPS) is 20.8. The second-order valence-corrected chi connectivity index (χ2v) is 3.41. The molecule has 1 rings (SSSR count). The monoisotopic (exact) mass is 171 g/mol. The molecule has 0 aliphatic heterocycles. The largest absolute Gasteiger partial charge is 0.353 e. The van der Waals surface area contributed by atoms with Crippen molar-refractivity contribution in [2.45, 2.75) is 31.2 Å². The summed E-state index contributed by atoms with van der Waals surface area (Å²) in [4.78, 5) is 11.4. The molecule has 70 valence electrons. The molecule has 0 aromatic heterocycles. The fourth-order valence-electron chi connectivity index (χ4n) is 1.59. The first-order chi connectivity index (χ1) is 5.69. The van der Waals surface area contributed by atoms with Gasteiger partial charge in [-0.2, -0.15) is 0 Å². The van der Waals surface area contributed by atoms with Crippen LogP contribution in [-0.4, -0.2) is 24.5 Å². The molecular weight excluding hydrogens is 154 g/mol. The van der Waals surface area contributed by atoms with Crippen LogP contribution >= 0.6 is 0 Å². The van der Waals surface area contributed by atoms with Gasteiger partial charge >= 0.3 is 0 Å². The molecule has 1 aliphatic carbocycles. The molecule has 0 saturated heterocycles. The summed E-state index contributed by atoms with van der Waals surface area (Å²) in [6.45, 7) is 1.000. The first kappa shape index (κ1) is 9.48. The summed E-state index contributed by atoms with van der Waals surface area (Å²) in [6, 6.07) is 0. The van der Waals surface area contributed by atoms with Crippen molar-refractivity contribution < 1.29 is 4.79 Å². The molecular formula is C8H17N3O. The molecule has 0 unspecified atom stereocenters. The van der Waals surface area contributed by atoms with Gasteiger partial charge in [-0.1, -0.05) is 12.8 Å². The molecule has 12 heavy (non-hydrogen) atoms. The number of amides is 1. The van der Waals surface area contributed by atoms with Gasteiger partial charge < -0.3 is 16.8 Å². The van der Waals surface area contributed by atoms with E-state index >= 15 is 0 Å². The van der Waals surface area contributed by atoms with Crippen LogP contribution in [0.5, 0.6) is 0 Å². The van der Waals surface area contributed by atoms with E-state index in [0.717, 1.165) is 25.7 Å². The average Bonchev–Trinajstić information content (AvgIpc) is 2.49. The smallest absolute Gasteiger partial charge is 0.240 e. The van der Waals surface area contributed by atoms with E-state index in [1.54, 1.807) is 0 Å². The molecule has 1 amide bonds. The second-order valence-electron chi connectivity index (χ2n) is 3.41. The van der Waals surface area contributed by atoms with E-state index in [0.29, 0.717) is 13.1 Å². The van der Waals surface area contributed by atoms with Gasteiger partial charge in [0.05, 0.1) is 5.54 Å². The zero-order chi connectivity index (χ0) is 9.03. The third-order valence-corrected chi connectivity index (χ3v) is 2.38. The Labute approximate surface area is 72.7 Å². The van der Waals surface area contributed by atoms with Gasteiger partial charge in [0.1, 0.15) is 0 Å². The van der Waals surface area contributed by atoms with E-state index in [2.05, 4.69) is 5.32 Å². The number of hydrogen-bond donors (Lipinski definition) is 3. The average molecular weight is 171 g/mol. The molecule has 0 heterocycles. The Hall–Kier alpha value is -0.610. The zero-order valence-electron chi connectivity index (χ0n) is 7.31. The predicted molar refractivity (Wildman–Crippen MR) is 47.5 cm³/mol. The third-order valence-electron chi connectivity index (χ3n) is 2.38. The molecule has 5 N–H and O–H groups in total. The Morgan fingerprint density at radius 1 is 1.42 bits per heavy atom. The molecule has 1 saturated carbocycles. The van der Waals surface area contributed by atoms with Crippen LogP contribution in [-0.2, 0) is 4.79 Å². The van der Waals surface area contributed by atoms with Crippen molar-refractivity contribution in [3.63, 3.8) is 0 Å². The minimum atomic E-state index is -0.602. The molecule has 4 nitrogen and oxygen atoms in total. The highest BCUT2D eigenvalue weighted by molar-refractivity contribution is 5.86. The molecule has 0 bridgehead atoms. The summed E-state index contributed by atoms with van der Waals surface area (Å²) in [5, 5.41) is 2.73. The van der Waals surface area contributed by atoms with Crippen LogP contribution in [0, 0.1) is 0 Å². The Balaban J connectivity index is 2.39. The van der Waals surface area contributed by atoms with E-state index < -0.39 is 5.54 Å². The highest BCUT2D eigenvalue weighted by atomic mass is 16.2. The van der Waals surface area contributed by atoms with Gasteiger partial charge in [0.2, 0.25) is 5.91 Å². The van der Waals surface area contributed by atoms with E-state index in [-0.39, 0.29) is 5.91 Å². The van der Waals surface area contributed by atoms with Gasteiger partial charge in [0.25, 0.3) is 0 Å². The summed E-state index contributed by atoms with van der Waals surface area (Å²) >= 11 is 0. The molecule has 0 spiro atoms. The number of nitrogens with one attached hydrogen (secondary N) is 1. The summed E-state index contributed by atoms with van der Waals surface area (Å²) in [5.41, 5.74) is 10.6. The highest BCUT2D eigenvalue weighted by Gasteiger charge is 2.36. The van der Waals surface area contributed by atoms with Gasteiger partial charge in [-0.05, 0) is 12.8 Å². The lowest BCUT2D eigenvalue weighted by molar-refractivity contribution is -0.126. The van der Waals surface area contributed by atoms with Gasteiger partial charge in [0, 0.05) is 13.1 Å². The van der Waals surface area contributed by atoms with Gasteiger partial charge in [-0.25, -0.2) is 0 Å². The van der Waals surface area contributed by atoms with Crippen LogP contribution in [0.3, 0.4) is 0 Å². The van der Waals surface area contributed by atoms with Crippen molar-refractivity contribution >= 4 is 5.91 Å². The summed E-state index contributed by atoms with van der Waals surface area (Å²) < 4.78 is 0. The number of carbonyl (C=O) groups is 1. The van der Waals surface area contributed by atoms with E-state index in [1.807, 2.05) is 0 Å². The minimum absolute atomic E-state index is 0.0366. The topological polar surface area (TPSA) is 81.1 Å². The lowest BCUT2D eigenvalue weighted by Gasteiger charge is -2.21. The van der Waals surface area contributed by atoms with Gasteiger partial charge in [-0.15, -0.1) is 0 Å². The second kappa shape index (κ2) is 3.87. The SMILES string of the molecule is NCCNC(=O)C1(N)CCCC1. The fourth-order valence-corrected chi connectivity index (χ4v) is 1.59. The van der Waals surface area contributed by atoms with Crippen LogP contribution < -0.4 is 16.8 Å². The summed E-state index contributed by atoms with van der Waals surface area (Å²) in [7, 11) is 0. The van der Waals surface area contributed by atoms with Crippen molar-refractivity contribution in [3.05, 3.63) is 0 Å². The first-order valence-electron chi connectivity index (χ1n) is 4.46. The number of carbonyl (C=O) groups excluding carboxylic acids is 1. The zero-order valence-corrected chi connectivity index (χ0v) is 7.31. The van der Waals surface area contributed by atoms with Crippen molar-refractivity contribution in [1.29, 1.82) is 0 Å². The van der Waals surface area contributed by atoms with Crippen LogP contribution in [0.2, 0.25) is 0 Å². The third kappa shape index (κ3) is 1.95. The molecule has 0 radical (unpaired) electrons. The quantitative estimate of drug-likeness (QED) is 0.527. The maximum Gasteiger partial charge on any atom is 0.240 e. The fraction of sp³-hybridized carbons (Fsp3) is 0.875. The van der Waals surface area contributed by atoms with Crippen LogP contribution in [0.25, 0.3) is 0 Å². The van der Waals surface area contributed by atoms with Gasteiger partial charge in [0.15, 0.2) is 0 Å². The van der Waals surface area contributed by atoms with Crippen molar-refractivity contribution in [2.24, 2.45) is 11.5 Å². The Bertz CT molecular complexity index is 164. The first-order valence-corrected chi connectivity index (χ1v) is 4.46. The van der Waals surface area contributed by atoms with Crippen LogP contribution in [0.4, 0.5) is 0 Å². The molecule has 0 atom stereocenters. The number of hydrogen-bond acceptors (Lipinski definition) is 3. The highest BCUT2D eigenvalue weighted by Crippen LogP contribution is 2.26. The molecule has 1 fully saturated rings. The van der Waals surface area contributed by atoms with Crippen molar-refractivity contribution in [2.75, 3.05) is 13.1 Å². The summed E-state index contributed by atoms with van der Waals surface area (Å²) in [5.74, 6) is -0.0366. The van der Waals surface area contributed by atoms with E-state index in [1.165, 1.54) is 0 Å². The molecule has 0 aromatic rings. The maximum atomic E-state index is 11.4. The summed E-state index contributed by atoms with van der Waals surface area (Å²) in [6.07, 6.45) is 3.74. The van der Waals surface area contributed by atoms with Crippen LogP contribution in [0.1, 0.15) is 25.7 Å². The lowest BCUT2D eigenvalue weighted by Crippen LogP contribution is -2.52. The van der Waals surface area contributed by atoms with E-state index in [9.17, 15) is 4.79 Å². The Kier molecular flexibility index (Phi) is 3.05. The molecule has 0 aromatic carbocycles. The number of rotatable bonds is 3.